The molecule has 0 spiro atoms. The molecule has 0 unspecified atom stereocenters. The highest BCUT2D eigenvalue weighted by atomic mass is 35.5. The molecule has 5 heteroatoms. The summed E-state index contributed by atoms with van der Waals surface area (Å²) in [4.78, 5) is 26.3. The molecule has 1 fully saturated rings. The number of hydrogen-bond donors (Lipinski definition) is 0. The van der Waals surface area contributed by atoms with Crippen LogP contribution in [0.15, 0.2) is 0 Å². The van der Waals surface area contributed by atoms with Gasteiger partial charge in [0.15, 0.2) is 0 Å². The van der Waals surface area contributed by atoms with Gasteiger partial charge in [-0.2, -0.15) is 0 Å². The van der Waals surface area contributed by atoms with Crippen LogP contribution in [0.1, 0.15) is 19.8 Å². The third-order valence-electron chi connectivity index (χ3n) is 2.55. The molecule has 0 N–H and O–H groups in total. The van der Waals surface area contributed by atoms with Crippen molar-refractivity contribution in [1.29, 1.82) is 0 Å². The van der Waals surface area contributed by atoms with Gasteiger partial charge in [-0.3, -0.25) is 9.59 Å². The highest BCUT2D eigenvalue weighted by Gasteiger charge is 2.27. The number of alkyl halides is 1. The molecule has 1 saturated heterocycles. The molecule has 0 atom stereocenters. The molecule has 0 aromatic rings. The maximum Gasteiger partial charge on any atom is 0.242 e. The number of likely N-dealkylation sites (N-methyl/N-ethyl adjacent to an activating group) is 1. The quantitative estimate of drug-likeness (QED) is 0.517. The Hall–Kier alpha value is -0.770. The summed E-state index contributed by atoms with van der Waals surface area (Å²) in [6.45, 7) is 3.61. The average molecular weight is 233 g/mol. The fourth-order valence-electron chi connectivity index (χ4n) is 1.59. The monoisotopic (exact) mass is 232 g/mol. The van der Waals surface area contributed by atoms with Gasteiger partial charge >= 0.3 is 0 Å². The van der Waals surface area contributed by atoms with Gasteiger partial charge in [-0.05, 0) is 19.8 Å². The zero-order valence-corrected chi connectivity index (χ0v) is 9.79. The van der Waals surface area contributed by atoms with Crippen LogP contribution >= 0.6 is 11.6 Å². The zero-order chi connectivity index (χ0) is 11.3. The minimum Gasteiger partial charge on any atom is -0.332 e. The van der Waals surface area contributed by atoms with Gasteiger partial charge in [0, 0.05) is 19.0 Å². The van der Waals surface area contributed by atoms with Crippen molar-refractivity contribution in [1.82, 2.24) is 9.80 Å². The Bertz CT molecular complexity index is 246. The first kappa shape index (κ1) is 12.3. The number of piperazine rings is 1. The zero-order valence-electron chi connectivity index (χ0n) is 9.04. The summed E-state index contributed by atoms with van der Waals surface area (Å²) in [5.74, 6) is 0.700. The van der Waals surface area contributed by atoms with Crippen LogP contribution < -0.4 is 0 Å². The first-order valence-electron chi connectivity index (χ1n) is 5.30. The summed E-state index contributed by atoms with van der Waals surface area (Å²) in [6.07, 6.45) is 1.76. The molecule has 0 aromatic carbocycles. The Morgan fingerprint density at radius 2 is 1.73 bits per heavy atom. The van der Waals surface area contributed by atoms with Crippen molar-refractivity contribution < 1.29 is 9.59 Å². The minimum absolute atomic E-state index is 0.0444. The predicted molar refractivity (Wildman–Crippen MR) is 58.8 cm³/mol. The molecule has 1 heterocycles. The van der Waals surface area contributed by atoms with Crippen LogP contribution in [0.5, 0.6) is 0 Å². The normalized spacial score (nSPS) is 17.5. The molecule has 1 aliphatic rings. The van der Waals surface area contributed by atoms with E-state index in [0.29, 0.717) is 19.0 Å². The first-order chi connectivity index (χ1) is 7.19. The molecule has 0 aliphatic carbocycles. The first-order valence-corrected chi connectivity index (χ1v) is 5.84. The van der Waals surface area contributed by atoms with E-state index in [0.717, 1.165) is 12.8 Å². The molecule has 0 saturated carbocycles. The van der Waals surface area contributed by atoms with Crippen LogP contribution in [0.3, 0.4) is 0 Å². The van der Waals surface area contributed by atoms with Crippen molar-refractivity contribution in [2.45, 2.75) is 19.8 Å². The molecule has 2 amide bonds. The summed E-state index contributed by atoms with van der Waals surface area (Å²) in [7, 11) is 0. The van der Waals surface area contributed by atoms with Crippen LogP contribution in [0.25, 0.3) is 0 Å². The highest BCUT2D eigenvalue weighted by molar-refractivity contribution is 6.17. The van der Waals surface area contributed by atoms with E-state index < -0.39 is 0 Å². The lowest BCUT2D eigenvalue weighted by molar-refractivity contribution is -0.149. The fraction of sp³-hybridized carbons (Fsp3) is 0.800. The number of amides is 2. The van der Waals surface area contributed by atoms with Gasteiger partial charge in [0.2, 0.25) is 11.8 Å². The molecule has 15 heavy (non-hydrogen) atoms. The number of halogens is 1. The smallest absolute Gasteiger partial charge is 0.242 e. The van der Waals surface area contributed by atoms with Crippen LogP contribution in [-0.4, -0.2) is 53.7 Å². The Kier molecular flexibility index (Phi) is 4.88. The second kappa shape index (κ2) is 5.95. The van der Waals surface area contributed by atoms with Crippen molar-refractivity contribution >= 4 is 23.4 Å². The van der Waals surface area contributed by atoms with E-state index in [9.17, 15) is 9.59 Å². The van der Waals surface area contributed by atoms with E-state index in [-0.39, 0.29) is 24.9 Å². The van der Waals surface area contributed by atoms with Gasteiger partial charge in [-0.1, -0.05) is 0 Å². The maximum atomic E-state index is 11.6. The van der Waals surface area contributed by atoms with Gasteiger partial charge in [-0.25, -0.2) is 0 Å². The van der Waals surface area contributed by atoms with Crippen LogP contribution in [-0.2, 0) is 9.59 Å². The van der Waals surface area contributed by atoms with Crippen LogP contribution in [0.4, 0.5) is 0 Å². The van der Waals surface area contributed by atoms with E-state index in [1.54, 1.807) is 9.80 Å². The minimum atomic E-state index is 0.0444. The SMILES string of the molecule is CCN1CC(=O)N(CCCCCl)CC1=O. The third-order valence-corrected chi connectivity index (χ3v) is 2.82. The van der Waals surface area contributed by atoms with Gasteiger partial charge in [-0.15, -0.1) is 11.6 Å². The fourth-order valence-corrected chi connectivity index (χ4v) is 1.78. The van der Waals surface area contributed by atoms with Crippen LogP contribution in [0.2, 0.25) is 0 Å². The predicted octanol–water partition coefficient (Wildman–Crippen LogP) is 0.696. The number of carbonyl (C=O) groups is 2. The number of carbonyl (C=O) groups excluding carboxylic acids is 2. The molecule has 86 valence electrons. The molecular weight excluding hydrogens is 216 g/mol. The van der Waals surface area contributed by atoms with Gasteiger partial charge in [0.25, 0.3) is 0 Å². The molecule has 0 bridgehead atoms. The van der Waals surface area contributed by atoms with Crippen molar-refractivity contribution in [2.24, 2.45) is 0 Å². The lowest BCUT2D eigenvalue weighted by atomic mass is 10.2. The maximum absolute atomic E-state index is 11.6. The lowest BCUT2D eigenvalue weighted by Gasteiger charge is -2.33. The third kappa shape index (κ3) is 3.38. The van der Waals surface area contributed by atoms with Crippen molar-refractivity contribution in [3.8, 4) is 0 Å². The highest BCUT2D eigenvalue weighted by Crippen LogP contribution is 2.06. The Morgan fingerprint density at radius 1 is 1.13 bits per heavy atom. The molecule has 4 nitrogen and oxygen atoms in total. The standard InChI is InChI=1S/C10H17ClN2O2/c1-2-12-7-10(15)13(8-9(12)14)6-4-3-5-11/h2-8H2,1H3. The van der Waals surface area contributed by atoms with E-state index >= 15 is 0 Å². The van der Waals surface area contributed by atoms with E-state index in [2.05, 4.69) is 0 Å². The molecule has 1 rings (SSSR count). The number of unbranched alkanes of at least 4 members (excludes halogenated alkanes) is 1. The summed E-state index contributed by atoms with van der Waals surface area (Å²) in [6, 6.07) is 0. The summed E-state index contributed by atoms with van der Waals surface area (Å²) >= 11 is 5.55. The van der Waals surface area contributed by atoms with Gasteiger partial charge < -0.3 is 9.80 Å². The molecule has 1 aliphatic heterocycles. The van der Waals surface area contributed by atoms with Crippen molar-refractivity contribution in [3.05, 3.63) is 0 Å². The lowest BCUT2D eigenvalue weighted by Crippen LogP contribution is -2.53. The number of rotatable bonds is 5. The Balaban J connectivity index is 2.41. The largest absolute Gasteiger partial charge is 0.332 e. The number of nitrogens with zero attached hydrogens (tertiary/aromatic N) is 2. The summed E-state index contributed by atoms with van der Waals surface area (Å²) in [5, 5.41) is 0. The van der Waals surface area contributed by atoms with Crippen LogP contribution in [0, 0.1) is 0 Å². The van der Waals surface area contributed by atoms with E-state index in [1.165, 1.54) is 0 Å². The Labute approximate surface area is 95.2 Å². The molecule has 0 aromatic heterocycles. The van der Waals surface area contributed by atoms with Gasteiger partial charge in [0.1, 0.15) is 0 Å². The Morgan fingerprint density at radius 3 is 2.33 bits per heavy atom. The van der Waals surface area contributed by atoms with Crippen molar-refractivity contribution in [3.63, 3.8) is 0 Å². The van der Waals surface area contributed by atoms with E-state index in [1.807, 2.05) is 6.92 Å². The second-order valence-corrected chi connectivity index (χ2v) is 4.00. The van der Waals surface area contributed by atoms with Gasteiger partial charge in [0.05, 0.1) is 13.1 Å². The summed E-state index contributed by atoms with van der Waals surface area (Å²) in [5.41, 5.74) is 0. The second-order valence-electron chi connectivity index (χ2n) is 3.62. The average Bonchev–Trinajstić information content (AvgIpc) is 2.23. The molecular formula is C10H17ClN2O2. The topological polar surface area (TPSA) is 40.6 Å². The summed E-state index contributed by atoms with van der Waals surface area (Å²) < 4.78 is 0. The van der Waals surface area contributed by atoms with Crippen molar-refractivity contribution in [2.75, 3.05) is 32.1 Å². The van der Waals surface area contributed by atoms with E-state index in [4.69, 9.17) is 11.6 Å². The molecule has 0 radical (unpaired) electrons. The number of hydrogen-bond acceptors (Lipinski definition) is 2.